The van der Waals surface area contributed by atoms with Gasteiger partial charge in [0.25, 0.3) is 0 Å². The van der Waals surface area contributed by atoms with Crippen LogP contribution in [0, 0.1) is 5.92 Å². The van der Waals surface area contributed by atoms with Crippen LogP contribution in [-0.2, 0) is 20.7 Å². The minimum atomic E-state index is -0.359. The highest BCUT2D eigenvalue weighted by atomic mass is 16.5. The largest absolute Gasteiger partial charge is 0.494 e. The molecule has 1 N–H and O–H groups in total. The number of methoxy groups -OCH3 is 1. The third-order valence-electron chi connectivity index (χ3n) is 7.38. The first-order valence-electron chi connectivity index (χ1n) is 14.2. The van der Waals surface area contributed by atoms with Crippen molar-refractivity contribution >= 4 is 11.9 Å². The SMILES string of the molecule is CCCCCCCOc1ccc(-c2cnc(-c3ccc(CC(NC)C(=O)N4CC(C(=O)OC)C4)cc3)nc2)cc1. The van der Waals surface area contributed by atoms with Gasteiger partial charge >= 0.3 is 5.97 Å². The summed E-state index contributed by atoms with van der Waals surface area (Å²) >= 11 is 0. The second-order valence-corrected chi connectivity index (χ2v) is 10.3. The summed E-state index contributed by atoms with van der Waals surface area (Å²) in [7, 11) is 3.15. The number of aromatic nitrogens is 2. The summed E-state index contributed by atoms with van der Waals surface area (Å²) in [5.41, 5.74) is 3.93. The van der Waals surface area contributed by atoms with E-state index in [0.717, 1.165) is 41.0 Å². The molecule has 1 amide bonds. The van der Waals surface area contributed by atoms with Gasteiger partial charge < -0.3 is 19.7 Å². The number of nitrogens with one attached hydrogen (secondary N) is 1. The maximum absolute atomic E-state index is 12.8. The number of likely N-dealkylation sites (tertiary alicyclic amines) is 1. The van der Waals surface area contributed by atoms with E-state index in [1.807, 2.05) is 60.9 Å². The van der Waals surface area contributed by atoms with Gasteiger partial charge in [-0.05, 0) is 43.1 Å². The number of likely N-dealkylation sites (N-methyl/N-ethyl adjacent to an activating group) is 1. The van der Waals surface area contributed by atoms with Gasteiger partial charge in [-0.25, -0.2) is 9.97 Å². The predicted molar refractivity (Wildman–Crippen MR) is 156 cm³/mol. The molecule has 4 rings (SSSR count). The monoisotopic (exact) mass is 544 g/mol. The summed E-state index contributed by atoms with van der Waals surface area (Å²) in [4.78, 5) is 35.3. The van der Waals surface area contributed by atoms with Gasteiger partial charge in [0.05, 0.1) is 25.7 Å². The molecule has 0 bridgehead atoms. The molecule has 212 valence electrons. The van der Waals surface area contributed by atoms with Gasteiger partial charge in [0.15, 0.2) is 5.82 Å². The highest BCUT2D eigenvalue weighted by Gasteiger charge is 2.38. The summed E-state index contributed by atoms with van der Waals surface area (Å²) in [6, 6.07) is 15.7. The molecule has 1 aromatic heterocycles. The molecule has 2 heterocycles. The first kappa shape index (κ1) is 29.2. The van der Waals surface area contributed by atoms with E-state index in [9.17, 15) is 9.59 Å². The van der Waals surface area contributed by atoms with Crippen LogP contribution >= 0.6 is 0 Å². The highest BCUT2D eigenvalue weighted by Crippen LogP contribution is 2.24. The molecule has 8 nitrogen and oxygen atoms in total. The average Bonchev–Trinajstić information content (AvgIpc) is 2.97. The smallest absolute Gasteiger partial charge is 0.312 e. The van der Waals surface area contributed by atoms with Crippen molar-refractivity contribution in [1.82, 2.24) is 20.2 Å². The fourth-order valence-electron chi connectivity index (χ4n) is 4.80. The summed E-state index contributed by atoms with van der Waals surface area (Å²) < 4.78 is 10.6. The molecular weight excluding hydrogens is 504 g/mol. The zero-order chi connectivity index (χ0) is 28.3. The Morgan fingerprint density at radius 3 is 2.20 bits per heavy atom. The summed E-state index contributed by atoms with van der Waals surface area (Å²) in [6.07, 6.45) is 10.3. The number of ether oxygens (including phenoxy) is 2. The molecule has 8 heteroatoms. The number of nitrogens with zero attached hydrogens (tertiary/aromatic N) is 3. The predicted octanol–water partition coefficient (Wildman–Crippen LogP) is 4.92. The average molecular weight is 545 g/mol. The van der Waals surface area contributed by atoms with Crippen LogP contribution in [0.4, 0.5) is 0 Å². The number of carbonyl (C=O) groups excluding carboxylic acids is 2. The lowest BCUT2D eigenvalue weighted by Crippen LogP contribution is -2.58. The Morgan fingerprint density at radius 2 is 1.57 bits per heavy atom. The number of amides is 1. The van der Waals surface area contributed by atoms with Crippen LogP contribution < -0.4 is 10.1 Å². The molecule has 1 fully saturated rings. The third-order valence-corrected chi connectivity index (χ3v) is 7.38. The Labute approximate surface area is 237 Å². The van der Waals surface area contributed by atoms with Crippen LogP contribution in [0.1, 0.15) is 44.6 Å². The van der Waals surface area contributed by atoms with Gasteiger partial charge in [0.1, 0.15) is 5.75 Å². The van der Waals surface area contributed by atoms with Crippen molar-refractivity contribution in [2.45, 2.75) is 51.5 Å². The molecule has 1 saturated heterocycles. The quantitative estimate of drug-likeness (QED) is 0.227. The number of esters is 1. The van der Waals surface area contributed by atoms with E-state index in [4.69, 9.17) is 9.47 Å². The standard InChI is InChI=1S/C32H40N4O4/c1-4-5-6-7-8-17-40-28-15-13-24(14-16-28)26-19-34-30(35-20-26)25-11-9-23(10-12-25)18-29(33-2)31(37)36-21-27(22-36)32(38)39-3/h9-16,19-20,27,29,33H,4-8,17-18,21-22H2,1-3H3. The lowest BCUT2D eigenvalue weighted by Gasteiger charge is -2.39. The van der Waals surface area contributed by atoms with E-state index in [-0.39, 0.29) is 23.8 Å². The van der Waals surface area contributed by atoms with Crippen LogP contribution in [0.15, 0.2) is 60.9 Å². The van der Waals surface area contributed by atoms with E-state index in [0.29, 0.717) is 25.3 Å². The fraction of sp³-hybridized carbons (Fsp3) is 0.438. The van der Waals surface area contributed by atoms with Crippen LogP contribution in [0.5, 0.6) is 5.75 Å². The van der Waals surface area contributed by atoms with Crippen molar-refractivity contribution in [2.75, 3.05) is 33.9 Å². The lowest BCUT2D eigenvalue weighted by atomic mass is 9.97. The van der Waals surface area contributed by atoms with Crippen molar-refractivity contribution in [3.63, 3.8) is 0 Å². The van der Waals surface area contributed by atoms with Crippen molar-refractivity contribution in [3.05, 3.63) is 66.5 Å². The number of benzene rings is 2. The van der Waals surface area contributed by atoms with Gasteiger partial charge in [0, 0.05) is 36.6 Å². The minimum absolute atomic E-state index is 0.00680. The Morgan fingerprint density at radius 1 is 0.925 bits per heavy atom. The van der Waals surface area contributed by atoms with Crippen molar-refractivity contribution in [1.29, 1.82) is 0 Å². The lowest BCUT2D eigenvalue weighted by molar-refractivity contribution is -0.156. The molecule has 1 atom stereocenters. The van der Waals surface area contributed by atoms with Crippen LogP contribution in [0.2, 0.25) is 0 Å². The molecule has 0 aliphatic carbocycles. The van der Waals surface area contributed by atoms with Crippen LogP contribution in [-0.4, -0.2) is 66.6 Å². The topological polar surface area (TPSA) is 93.7 Å². The molecule has 0 spiro atoms. The first-order chi connectivity index (χ1) is 19.5. The minimum Gasteiger partial charge on any atom is -0.494 e. The number of hydrogen-bond acceptors (Lipinski definition) is 7. The van der Waals surface area contributed by atoms with Crippen LogP contribution in [0.25, 0.3) is 22.5 Å². The Kier molecular flexibility index (Phi) is 10.6. The number of rotatable bonds is 14. The zero-order valence-corrected chi connectivity index (χ0v) is 23.8. The molecule has 40 heavy (non-hydrogen) atoms. The molecule has 1 aliphatic heterocycles. The number of carbonyl (C=O) groups is 2. The summed E-state index contributed by atoms with van der Waals surface area (Å²) in [5, 5.41) is 3.11. The number of hydrogen-bond donors (Lipinski definition) is 1. The third kappa shape index (κ3) is 7.66. The molecule has 2 aromatic carbocycles. The van der Waals surface area contributed by atoms with E-state index in [1.54, 1.807) is 11.9 Å². The fourth-order valence-corrected chi connectivity index (χ4v) is 4.80. The normalized spacial score (nSPS) is 13.9. The summed E-state index contributed by atoms with van der Waals surface area (Å²) in [6.45, 7) is 3.79. The second kappa shape index (κ2) is 14.6. The number of unbranched alkanes of at least 4 members (excludes halogenated alkanes) is 4. The molecule has 1 aliphatic rings. The van der Waals surface area contributed by atoms with Crippen LogP contribution in [0.3, 0.4) is 0 Å². The van der Waals surface area contributed by atoms with E-state index >= 15 is 0 Å². The summed E-state index contributed by atoms with van der Waals surface area (Å²) in [5.74, 6) is 1.04. The molecule has 1 unspecified atom stereocenters. The Balaban J connectivity index is 1.28. The maximum Gasteiger partial charge on any atom is 0.312 e. The molecule has 3 aromatic rings. The van der Waals surface area contributed by atoms with Gasteiger partial charge in [-0.1, -0.05) is 69.0 Å². The highest BCUT2D eigenvalue weighted by molar-refractivity contribution is 5.85. The van der Waals surface area contributed by atoms with Crippen molar-refractivity contribution in [3.8, 4) is 28.3 Å². The molecule has 0 saturated carbocycles. The molecule has 0 radical (unpaired) electrons. The van der Waals surface area contributed by atoms with E-state index in [2.05, 4.69) is 22.2 Å². The van der Waals surface area contributed by atoms with Gasteiger partial charge in [0.2, 0.25) is 5.91 Å². The Hall–Kier alpha value is -3.78. The first-order valence-corrected chi connectivity index (χ1v) is 14.2. The van der Waals surface area contributed by atoms with E-state index < -0.39 is 0 Å². The van der Waals surface area contributed by atoms with Crippen molar-refractivity contribution < 1.29 is 19.1 Å². The van der Waals surface area contributed by atoms with Crippen molar-refractivity contribution in [2.24, 2.45) is 5.92 Å². The van der Waals surface area contributed by atoms with Gasteiger partial charge in [-0.15, -0.1) is 0 Å². The van der Waals surface area contributed by atoms with Gasteiger partial charge in [-0.2, -0.15) is 0 Å². The zero-order valence-electron chi connectivity index (χ0n) is 23.8. The maximum atomic E-state index is 12.8. The molecular formula is C32H40N4O4. The van der Waals surface area contributed by atoms with E-state index in [1.165, 1.54) is 32.8 Å². The second-order valence-electron chi connectivity index (χ2n) is 10.3. The van der Waals surface area contributed by atoms with Gasteiger partial charge in [-0.3, -0.25) is 9.59 Å². The Bertz CT molecular complexity index is 1220.